The molecule has 0 saturated carbocycles. The minimum atomic E-state index is -4.80. The Balaban J connectivity index is 1.36. The first-order chi connectivity index (χ1) is 18.5. The van der Waals surface area contributed by atoms with E-state index >= 15 is 0 Å². The second-order valence-electron chi connectivity index (χ2n) is 7.72. The third kappa shape index (κ3) is 6.94. The molecule has 39 heavy (non-hydrogen) atoms. The van der Waals surface area contributed by atoms with Crippen LogP contribution in [0.1, 0.15) is 37.6 Å². The Bertz CT molecular complexity index is 1510. The van der Waals surface area contributed by atoms with Gasteiger partial charge in [0.25, 0.3) is 17.7 Å². The molecular formula is C24H19F3N4O6S2. The summed E-state index contributed by atoms with van der Waals surface area (Å²) < 4.78 is 50.9. The molecule has 0 atom stereocenters. The molecule has 0 spiro atoms. The summed E-state index contributed by atoms with van der Waals surface area (Å²) in [5.41, 5.74) is 3.48. The normalized spacial score (nSPS) is 11.8. The monoisotopic (exact) mass is 580 g/mol. The largest absolute Gasteiger partial charge is 0.573 e. The molecule has 2 amide bonds. The van der Waals surface area contributed by atoms with Crippen LogP contribution in [-0.2, 0) is 6.54 Å². The molecule has 204 valence electrons. The molecule has 0 aliphatic carbocycles. The van der Waals surface area contributed by atoms with Crippen molar-refractivity contribution < 1.29 is 41.9 Å². The maximum Gasteiger partial charge on any atom is 0.573 e. The lowest BCUT2D eigenvalue weighted by atomic mass is 10.1. The van der Waals surface area contributed by atoms with E-state index in [0.29, 0.717) is 26.6 Å². The molecule has 3 heterocycles. The number of amides is 2. The van der Waals surface area contributed by atoms with Crippen molar-refractivity contribution in [3.63, 3.8) is 0 Å². The van der Waals surface area contributed by atoms with Gasteiger partial charge in [-0.05, 0) is 54.0 Å². The number of benzene rings is 1. The molecule has 0 bridgehead atoms. The van der Waals surface area contributed by atoms with Crippen molar-refractivity contribution >= 4 is 40.2 Å². The predicted octanol–water partition coefficient (Wildman–Crippen LogP) is 5.16. The van der Waals surface area contributed by atoms with Crippen molar-refractivity contribution in [1.82, 2.24) is 15.9 Å². The van der Waals surface area contributed by atoms with Crippen LogP contribution < -0.4 is 20.2 Å². The molecule has 0 unspecified atom stereocenters. The Morgan fingerprint density at radius 2 is 1.82 bits per heavy atom. The summed E-state index contributed by atoms with van der Waals surface area (Å²) in [6, 6.07) is 9.56. The zero-order chi connectivity index (χ0) is 28.2. The van der Waals surface area contributed by atoms with Crippen LogP contribution in [-0.4, -0.2) is 41.3 Å². The van der Waals surface area contributed by atoms with Crippen LogP contribution in [0, 0.1) is 0 Å². The van der Waals surface area contributed by atoms with Crippen molar-refractivity contribution in [2.45, 2.75) is 19.8 Å². The Labute approximate surface area is 226 Å². The molecule has 3 N–H and O–H groups in total. The van der Waals surface area contributed by atoms with E-state index in [0.717, 1.165) is 34.8 Å². The minimum absolute atomic E-state index is 0.0791. The van der Waals surface area contributed by atoms with Crippen LogP contribution in [0.3, 0.4) is 0 Å². The van der Waals surface area contributed by atoms with Gasteiger partial charge in [0.1, 0.15) is 11.5 Å². The lowest BCUT2D eigenvalue weighted by Crippen LogP contribution is -2.21. The number of carbonyl (C=O) groups excluding carboxylic acids is 2. The molecule has 0 radical (unpaired) electrons. The van der Waals surface area contributed by atoms with Gasteiger partial charge in [-0.2, -0.15) is 5.10 Å². The standard InChI is InChI=1S/C24H19F3N4O6S2/c1-12(16-11-38-21(20(16)32)13-3-5-14(6-4-13)36-24(25,26)27)29-30-23(34)18-8-7-17(39-18)22(33)28-10-15-9-19(35-2)31-37-15/h3-9,11,32H,10H2,1-2H3,(H,28,33)(H,30,34)/b29-12+. The summed E-state index contributed by atoms with van der Waals surface area (Å²) in [5, 5.41) is 22.6. The number of thiophene rings is 2. The number of nitrogens with zero attached hydrogens (tertiary/aromatic N) is 2. The summed E-state index contributed by atoms with van der Waals surface area (Å²) in [6.07, 6.45) is -4.80. The number of ether oxygens (including phenoxy) is 2. The second kappa shape index (κ2) is 11.6. The molecule has 0 saturated heterocycles. The molecule has 0 aliphatic heterocycles. The van der Waals surface area contributed by atoms with Crippen molar-refractivity contribution in [3.05, 3.63) is 68.9 Å². The molecule has 15 heteroatoms. The third-order valence-electron chi connectivity index (χ3n) is 5.05. The van der Waals surface area contributed by atoms with E-state index in [1.165, 1.54) is 37.4 Å². The first-order valence-corrected chi connectivity index (χ1v) is 12.6. The molecule has 4 rings (SSSR count). The maximum atomic E-state index is 12.5. The lowest BCUT2D eigenvalue weighted by molar-refractivity contribution is -0.274. The third-order valence-corrected chi connectivity index (χ3v) is 7.15. The fraction of sp³-hybridized carbons (Fsp3) is 0.167. The van der Waals surface area contributed by atoms with Crippen molar-refractivity contribution in [2.24, 2.45) is 5.10 Å². The summed E-state index contributed by atoms with van der Waals surface area (Å²) >= 11 is 2.11. The number of aromatic nitrogens is 1. The summed E-state index contributed by atoms with van der Waals surface area (Å²) in [5.74, 6) is -0.818. The van der Waals surface area contributed by atoms with E-state index in [1.54, 1.807) is 12.3 Å². The topological polar surface area (TPSA) is 135 Å². The zero-order valence-electron chi connectivity index (χ0n) is 20.2. The number of aromatic hydroxyl groups is 1. The molecule has 1 aromatic carbocycles. The molecule has 4 aromatic rings. The van der Waals surface area contributed by atoms with Crippen LogP contribution in [0.15, 0.2) is 57.5 Å². The summed E-state index contributed by atoms with van der Waals surface area (Å²) in [4.78, 5) is 25.9. The van der Waals surface area contributed by atoms with Gasteiger partial charge < -0.3 is 24.4 Å². The van der Waals surface area contributed by atoms with Gasteiger partial charge in [0.05, 0.1) is 39.6 Å². The second-order valence-corrected chi connectivity index (χ2v) is 9.68. The summed E-state index contributed by atoms with van der Waals surface area (Å²) in [6.45, 7) is 1.65. The lowest BCUT2D eigenvalue weighted by Gasteiger charge is -2.09. The van der Waals surface area contributed by atoms with Gasteiger partial charge in [-0.15, -0.1) is 35.8 Å². The number of alkyl halides is 3. The molecule has 0 fully saturated rings. The van der Waals surface area contributed by atoms with Gasteiger partial charge in [0.2, 0.25) is 0 Å². The number of nitrogens with one attached hydrogen (secondary N) is 2. The highest BCUT2D eigenvalue weighted by atomic mass is 32.1. The van der Waals surface area contributed by atoms with E-state index in [2.05, 4.69) is 25.7 Å². The van der Waals surface area contributed by atoms with Gasteiger partial charge in [0.15, 0.2) is 5.76 Å². The van der Waals surface area contributed by atoms with E-state index in [1.807, 2.05) is 0 Å². The molecule has 0 aliphatic rings. The molecule has 3 aromatic heterocycles. The number of carbonyl (C=O) groups is 2. The molecular weight excluding hydrogens is 561 g/mol. The van der Waals surface area contributed by atoms with E-state index < -0.39 is 18.2 Å². The average Bonchev–Trinajstić information content (AvgIpc) is 3.65. The number of methoxy groups -OCH3 is 1. The van der Waals surface area contributed by atoms with Crippen LogP contribution in [0.2, 0.25) is 0 Å². The SMILES string of the molecule is COc1cc(CNC(=O)c2ccc(C(=O)N/N=C(\C)c3csc(-c4ccc(OC(F)(F)F)cc4)c3O)s2)on1. The van der Waals surface area contributed by atoms with Crippen LogP contribution in [0.4, 0.5) is 13.2 Å². The summed E-state index contributed by atoms with van der Waals surface area (Å²) in [7, 11) is 1.44. The smallest absolute Gasteiger partial charge is 0.506 e. The maximum absolute atomic E-state index is 12.5. The fourth-order valence-corrected chi connectivity index (χ4v) is 5.01. The van der Waals surface area contributed by atoms with Crippen LogP contribution in [0.5, 0.6) is 17.4 Å². The van der Waals surface area contributed by atoms with Gasteiger partial charge in [-0.3, -0.25) is 9.59 Å². The van der Waals surface area contributed by atoms with Gasteiger partial charge >= 0.3 is 6.36 Å². The minimum Gasteiger partial charge on any atom is -0.506 e. The Morgan fingerprint density at radius 3 is 2.46 bits per heavy atom. The first kappa shape index (κ1) is 27.7. The van der Waals surface area contributed by atoms with Gasteiger partial charge in [-0.1, -0.05) is 0 Å². The number of hydrogen-bond donors (Lipinski definition) is 3. The zero-order valence-corrected chi connectivity index (χ0v) is 21.8. The Kier molecular flexibility index (Phi) is 8.21. The number of halogens is 3. The number of hydrazone groups is 1. The van der Waals surface area contributed by atoms with E-state index in [-0.39, 0.29) is 34.5 Å². The highest BCUT2D eigenvalue weighted by molar-refractivity contribution is 7.16. The average molecular weight is 581 g/mol. The van der Waals surface area contributed by atoms with Crippen LogP contribution >= 0.6 is 22.7 Å². The van der Waals surface area contributed by atoms with Crippen molar-refractivity contribution in [2.75, 3.05) is 7.11 Å². The quantitative estimate of drug-likeness (QED) is 0.184. The van der Waals surface area contributed by atoms with E-state index in [9.17, 15) is 27.9 Å². The van der Waals surface area contributed by atoms with Gasteiger partial charge in [-0.25, -0.2) is 5.43 Å². The van der Waals surface area contributed by atoms with Crippen LogP contribution in [0.25, 0.3) is 10.4 Å². The molecule has 10 nitrogen and oxygen atoms in total. The Hall–Kier alpha value is -4.37. The number of rotatable bonds is 9. The highest BCUT2D eigenvalue weighted by Gasteiger charge is 2.31. The number of hydrogen-bond acceptors (Lipinski definition) is 10. The predicted molar refractivity (Wildman–Crippen MR) is 136 cm³/mol. The first-order valence-electron chi connectivity index (χ1n) is 10.9. The van der Waals surface area contributed by atoms with Crippen molar-refractivity contribution in [1.29, 1.82) is 0 Å². The van der Waals surface area contributed by atoms with Crippen molar-refractivity contribution in [3.8, 4) is 27.8 Å². The fourth-order valence-electron chi connectivity index (χ4n) is 3.18. The van der Waals surface area contributed by atoms with Gasteiger partial charge in [0, 0.05) is 11.4 Å². The highest BCUT2D eigenvalue weighted by Crippen LogP contribution is 2.39. The Morgan fingerprint density at radius 1 is 1.13 bits per heavy atom. The van der Waals surface area contributed by atoms with E-state index in [4.69, 9.17) is 9.26 Å².